The van der Waals surface area contributed by atoms with Gasteiger partial charge in [-0.2, -0.15) is 0 Å². The number of rotatable bonds is 5. The lowest BCUT2D eigenvalue weighted by atomic mass is 10.1. The van der Waals surface area contributed by atoms with Crippen LogP contribution in [0.3, 0.4) is 0 Å². The molecule has 5 heteroatoms. The van der Waals surface area contributed by atoms with Crippen LogP contribution in [0.1, 0.15) is 12.7 Å². The van der Waals surface area contributed by atoms with E-state index in [9.17, 15) is 0 Å². The fourth-order valence-corrected chi connectivity index (χ4v) is 1.90. The summed E-state index contributed by atoms with van der Waals surface area (Å²) in [7, 11) is 3.24. The Morgan fingerprint density at radius 2 is 1.94 bits per heavy atom. The van der Waals surface area contributed by atoms with E-state index in [0.29, 0.717) is 24.0 Å². The van der Waals surface area contributed by atoms with Crippen LogP contribution >= 0.6 is 0 Å². The molecule has 1 heterocycles. The van der Waals surface area contributed by atoms with Crippen LogP contribution in [-0.2, 0) is 6.42 Å². The maximum absolute atomic E-state index is 5.62. The monoisotopic (exact) mass is 249 g/mol. The van der Waals surface area contributed by atoms with Gasteiger partial charge in [-0.25, -0.2) is 4.98 Å². The van der Waals surface area contributed by atoms with Gasteiger partial charge in [0.25, 0.3) is 0 Å². The van der Waals surface area contributed by atoms with Crippen molar-refractivity contribution in [1.82, 2.24) is 9.97 Å². The highest BCUT2D eigenvalue weighted by molar-refractivity contribution is 5.79. The van der Waals surface area contributed by atoms with Gasteiger partial charge < -0.3 is 20.2 Å². The third kappa shape index (κ3) is 2.41. The molecule has 0 saturated heterocycles. The van der Waals surface area contributed by atoms with Gasteiger partial charge in [0.15, 0.2) is 11.5 Å². The Kier molecular flexibility index (Phi) is 3.72. The lowest BCUT2D eigenvalue weighted by Crippen LogP contribution is -2.13. The average molecular weight is 249 g/mol. The highest BCUT2D eigenvalue weighted by Gasteiger charge is 2.11. The number of fused-ring (bicyclic) bond motifs is 1. The summed E-state index contributed by atoms with van der Waals surface area (Å²) < 4.78 is 10.5. The van der Waals surface area contributed by atoms with Gasteiger partial charge in [0, 0.05) is 18.6 Å². The second kappa shape index (κ2) is 5.27. The van der Waals surface area contributed by atoms with Crippen molar-refractivity contribution in [3.8, 4) is 11.5 Å². The first kappa shape index (κ1) is 12.7. The van der Waals surface area contributed by atoms with Gasteiger partial charge >= 0.3 is 0 Å². The molecular weight excluding hydrogens is 230 g/mol. The molecule has 1 aromatic heterocycles. The van der Waals surface area contributed by atoms with E-state index in [1.54, 1.807) is 14.2 Å². The van der Waals surface area contributed by atoms with Crippen LogP contribution in [-0.4, -0.2) is 30.7 Å². The predicted octanol–water partition coefficient (Wildman–Crippen LogP) is 1.72. The van der Waals surface area contributed by atoms with Gasteiger partial charge in [-0.15, -0.1) is 0 Å². The summed E-state index contributed by atoms with van der Waals surface area (Å²) in [5.41, 5.74) is 7.46. The molecule has 1 atom stereocenters. The van der Waals surface area contributed by atoms with Crippen LogP contribution in [0.15, 0.2) is 12.1 Å². The molecular formula is C13H19N3O2. The van der Waals surface area contributed by atoms with Gasteiger partial charge in [-0.1, -0.05) is 6.92 Å². The van der Waals surface area contributed by atoms with Crippen LogP contribution in [0.25, 0.3) is 11.0 Å². The fourth-order valence-electron chi connectivity index (χ4n) is 1.90. The third-order valence-electron chi connectivity index (χ3n) is 2.98. The van der Waals surface area contributed by atoms with Crippen molar-refractivity contribution >= 4 is 11.0 Å². The van der Waals surface area contributed by atoms with Crippen molar-refractivity contribution in [3.63, 3.8) is 0 Å². The number of H-pyrrole nitrogens is 1. The zero-order chi connectivity index (χ0) is 13.1. The Bertz CT molecular complexity index is 495. The zero-order valence-corrected chi connectivity index (χ0v) is 11.0. The maximum Gasteiger partial charge on any atom is 0.163 e. The Hall–Kier alpha value is -1.75. The predicted molar refractivity (Wildman–Crippen MR) is 71.1 cm³/mol. The summed E-state index contributed by atoms with van der Waals surface area (Å²) >= 11 is 0. The van der Waals surface area contributed by atoms with Gasteiger partial charge in [0.05, 0.1) is 25.3 Å². The van der Waals surface area contributed by atoms with E-state index in [4.69, 9.17) is 15.2 Å². The normalized spacial score (nSPS) is 12.7. The minimum absolute atomic E-state index is 0.411. The van der Waals surface area contributed by atoms with Crippen molar-refractivity contribution < 1.29 is 9.47 Å². The number of aromatic nitrogens is 2. The first-order valence-corrected chi connectivity index (χ1v) is 5.98. The second-order valence-corrected chi connectivity index (χ2v) is 4.45. The van der Waals surface area contributed by atoms with Gasteiger partial charge in [-0.3, -0.25) is 0 Å². The number of aromatic amines is 1. The van der Waals surface area contributed by atoms with Crippen LogP contribution in [0, 0.1) is 5.92 Å². The largest absolute Gasteiger partial charge is 0.493 e. The van der Waals surface area contributed by atoms with Crippen LogP contribution in [0.4, 0.5) is 0 Å². The van der Waals surface area contributed by atoms with Crippen LogP contribution < -0.4 is 15.2 Å². The molecule has 3 N–H and O–H groups in total. The summed E-state index contributed by atoms with van der Waals surface area (Å²) in [6.07, 6.45) is 0.843. The zero-order valence-electron chi connectivity index (χ0n) is 11.0. The average Bonchev–Trinajstić information content (AvgIpc) is 2.77. The van der Waals surface area contributed by atoms with E-state index >= 15 is 0 Å². The van der Waals surface area contributed by atoms with Gasteiger partial charge in [-0.05, 0) is 12.5 Å². The number of nitrogens with zero attached hydrogens (tertiary/aromatic N) is 1. The van der Waals surface area contributed by atoms with E-state index in [1.807, 2.05) is 12.1 Å². The Morgan fingerprint density at radius 3 is 2.56 bits per heavy atom. The molecule has 0 amide bonds. The number of nitrogens with two attached hydrogens (primary N) is 1. The SMILES string of the molecule is COc1cc2nc(CC(C)CN)[nH]c2cc1OC. The summed E-state index contributed by atoms with van der Waals surface area (Å²) in [5, 5.41) is 0. The minimum Gasteiger partial charge on any atom is -0.493 e. The van der Waals surface area contributed by atoms with E-state index in [0.717, 1.165) is 23.3 Å². The van der Waals surface area contributed by atoms with E-state index in [2.05, 4.69) is 16.9 Å². The number of nitrogens with one attached hydrogen (secondary N) is 1. The number of benzene rings is 1. The molecule has 0 aliphatic heterocycles. The fraction of sp³-hybridized carbons (Fsp3) is 0.462. The van der Waals surface area contributed by atoms with Gasteiger partial charge in [0.1, 0.15) is 5.82 Å². The standard InChI is InChI=1S/C13H19N3O2/c1-8(7-14)4-13-15-9-5-11(17-2)12(18-3)6-10(9)16-13/h5-6,8H,4,7,14H2,1-3H3,(H,15,16). The molecule has 0 spiro atoms. The summed E-state index contributed by atoms with van der Waals surface area (Å²) in [6.45, 7) is 2.76. The van der Waals surface area contributed by atoms with E-state index in [1.165, 1.54) is 0 Å². The van der Waals surface area contributed by atoms with E-state index in [-0.39, 0.29) is 0 Å². The molecule has 1 aromatic carbocycles. The molecule has 0 bridgehead atoms. The van der Waals surface area contributed by atoms with Crippen molar-refractivity contribution in [2.24, 2.45) is 11.7 Å². The molecule has 0 aliphatic carbocycles. The molecule has 98 valence electrons. The van der Waals surface area contributed by atoms with Crippen LogP contribution in [0.2, 0.25) is 0 Å². The number of ether oxygens (including phenoxy) is 2. The molecule has 0 fully saturated rings. The van der Waals surface area contributed by atoms with E-state index < -0.39 is 0 Å². The number of imidazole rings is 1. The summed E-state index contributed by atoms with van der Waals surface area (Å²) in [4.78, 5) is 7.82. The molecule has 2 aromatic rings. The highest BCUT2D eigenvalue weighted by Crippen LogP contribution is 2.31. The summed E-state index contributed by atoms with van der Waals surface area (Å²) in [5.74, 6) is 2.75. The van der Waals surface area contributed by atoms with Crippen molar-refractivity contribution in [2.45, 2.75) is 13.3 Å². The van der Waals surface area contributed by atoms with Crippen LogP contribution in [0.5, 0.6) is 11.5 Å². The molecule has 0 saturated carbocycles. The first-order chi connectivity index (χ1) is 8.67. The van der Waals surface area contributed by atoms with Crippen molar-refractivity contribution in [2.75, 3.05) is 20.8 Å². The Balaban J connectivity index is 2.38. The minimum atomic E-state index is 0.411. The number of hydrogen-bond donors (Lipinski definition) is 2. The lowest BCUT2D eigenvalue weighted by Gasteiger charge is -2.06. The quantitative estimate of drug-likeness (QED) is 0.846. The molecule has 18 heavy (non-hydrogen) atoms. The van der Waals surface area contributed by atoms with Crippen molar-refractivity contribution in [1.29, 1.82) is 0 Å². The number of hydrogen-bond acceptors (Lipinski definition) is 4. The molecule has 1 unspecified atom stereocenters. The molecule has 2 rings (SSSR count). The maximum atomic E-state index is 5.62. The Labute approximate surface area is 106 Å². The molecule has 0 radical (unpaired) electrons. The summed E-state index contributed by atoms with van der Waals surface area (Å²) in [6, 6.07) is 3.78. The van der Waals surface area contributed by atoms with Crippen molar-refractivity contribution in [3.05, 3.63) is 18.0 Å². The topological polar surface area (TPSA) is 73.2 Å². The van der Waals surface area contributed by atoms with Gasteiger partial charge in [0.2, 0.25) is 0 Å². The highest BCUT2D eigenvalue weighted by atomic mass is 16.5. The second-order valence-electron chi connectivity index (χ2n) is 4.45. The first-order valence-electron chi connectivity index (χ1n) is 5.98. The Morgan fingerprint density at radius 1 is 1.28 bits per heavy atom. The molecule has 5 nitrogen and oxygen atoms in total. The third-order valence-corrected chi connectivity index (χ3v) is 2.98. The smallest absolute Gasteiger partial charge is 0.163 e. The number of methoxy groups -OCH3 is 2. The molecule has 0 aliphatic rings. The lowest BCUT2D eigenvalue weighted by molar-refractivity contribution is 0.356.